The summed E-state index contributed by atoms with van der Waals surface area (Å²) in [7, 11) is 0. The molecule has 0 amide bonds. The second kappa shape index (κ2) is 7.24. The lowest BCUT2D eigenvalue weighted by Crippen LogP contribution is -2.24. The number of carboxylic acid groups (broad SMARTS) is 1. The van der Waals surface area contributed by atoms with E-state index < -0.39 is 12.1 Å². The Morgan fingerprint density at radius 3 is 2.71 bits per heavy atom. The summed E-state index contributed by atoms with van der Waals surface area (Å²) in [5.74, 6) is -0.294. The third kappa shape index (κ3) is 5.14. The van der Waals surface area contributed by atoms with Gasteiger partial charge in [-0.3, -0.25) is 0 Å². The Morgan fingerprint density at radius 1 is 1.53 bits per heavy atom. The first-order chi connectivity index (χ1) is 8.13. The van der Waals surface area contributed by atoms with E-state index in [2.05, 4.69) is 9.97 Å². The van der Waals surface area contributed by atoms with Crippen LogP contribution in [0.2, 0.25) is 0 Å². The summed E-state index contributed by atoms with van der Waals surface area (Å²) in [6.45, 7) is 4.11. The van der Waals surface area contributed by atoms with Crippen molar-refractivity contribution in [3.63, 3.8) is 0 Å². The summed E-state index contributed by atoms with van der Waals surface area (Å²) in [6, 6.07) is 0. The maximum atomic E-state index is 10.8. The molecule has 0 aromatic carbocycles. The van der Waals surface area contributed by atoms with Gasteiger partial charge in [0.25, 0.3) is 0 Å². The number of rotatable bonds is 7. The number of thioether (sulfide) groups is 1. The third-order valence-electron chi connectivity index (χ3n) is 2.01. The van der Waals surface area contributed by atoms with Crippen molar-refractivity contribution in [1.82, 2.24) is 9.97 Å². The summed E-state index contributed by atoms with van der Waals surface area (Å²) in [4.78, 5) is 19.1. The molecule has 1 unspecified atom stereocenters. The molecular weight excluding hydrogens is 240 g/mol. The summed E-state index contributed by atoms with van der Waals surface area (Å²) in [5, 5.41) is 9.54. The fourth-order valence-corrected chi connectivity index (χ4v) is 1.96. The summed E-state index contributed by atoms with van der Waals surface area (Å²) >= 11 is 1.44. The number of aryl methyl sites for hydroxylation is 1. The molecule has 0 saturated carbocycles. The molecule has 0 bridgehead atoms. The second-order valence-electron chi connectivity index (χ2n) is 3.46. The van der Waals surface area contributed by atoms with Crippen molar-refractivity contribution in [2.45, 2.75) is 31.5 Å². The number of carbonyl (C=O) groups is 1. The molecule has 1 aromatic heterocycles. The highest BCUT2D eigenvalue weighted by Gasteiger charge is 2.16. The van der Waals surface area contributed by atoms with Gasteiger partial charge in [0.05, 0.1) is 0 Å². The van der Waals surface area contributed by atoms with Gasteiger partial charge in [0.1, 0.15) is 0 Å². The van der Waals surface area contributed by atoms with Crippen molar-refractivity contribution in [2.75, 3.05) is 12.4 Å². The molecule has 1 N–H and O–H groups in total. The van der Waals surface area contributed by atoms with Crippen molar-refractivity contribution >= 4 is 17.7 Å². The number of hydrogen-bond donors (Lipinski definition) is 1. The minimum absolute atomic E-state index is 0.405. The fourth-order valence-electron chi connectivity index (χ4n) is 1.19. The SMILES string of the molecule is CCOC(CCSc1ncc(C)cn1)C(=O)O. The minimum atomic E-state index is -0.919. The predicted octanol–water partition coefficient (Wildman–Crippen LogP) is 1.76. The average molecular weight is 256 g/mol. The van der Waals surface area contributed by atoms with Crippen LogP contribution in [0.25, 0.3) is 0 Å². The molecular formula is C11H16N2O3S. The smallest absolute Gasteiger partial charge is 0.332 e. The first-order valence-electron chi connectivity index (χ1n) is 5.39. The number of hydrogen-bond acceptors (Lipinski definition) is 5. The van der Waals surface area contributed by atoms with Gasteiger partial charge >= 0.3 is 5.97 Å². The van der Waals surface area contributed by atoms with Crippen LogP contribution in [0, 0.1) is 6.92 Å². The van der Waals surface area contributed by atoms with Crippen molar-refractivity contribution < 1.29 is 14.6 Å². The fraction of sp³-hybridized carbons (Fsp3) is 0.545. The zero-order valence-electron chi connectivity index (χ0n) is 9.92. The van der Waals surface area contributed by atoms with Crippen LogP contribution in [0.4, 0.5) is 0 Å². The van der Waals surface area contributed by atoms with Crippen LogP contribution in [0.1, 0.15) is 18.9 Å². The van der Waals surface area contributed by atoms with Crippen molar-refractivity contribution in [1.29, 1.82) is 0 Å². The van der Waals surface area contributed by atoms with E-state index in [9.17, 15) is 4.79 Å². The van der Waals surface area contributed by atoms with Crippen LogP contribution in [0.15, 0.2) is 17.6 Å². The molecule has 5 nitrogen and oxygen atoms in total. The maximum Gasteiger partial charge on any atom is 0.332 e. The molecule has 1 heterocycles. The summed E-state index contributed by atoms with van der Waals surface area (Å²) in [6.07, 6.45) is 3.20. The van der Waals surface area contributed by atoms with E-state index in [4.69, 9.17) is 9.84 Å². The standard InChI is InChI=1S/C11H16N2O3S/c1-3-16-9(10(14)15)4-5-17-11-12-6-8(2)7-13-11/h6-7,9H,3-5H2,1-2H3,(H,14,15). The highest BCUT2D eigenvalue weighted by Crippen LogP contribution is 2.15. The zero-order valence-corrected chi connectivity index (χ0v) is 10.7. The Balaban J connectivity index is 2.35. The lowest BCUT2D eigenvalue weighted by Gasteiger charge is -2.11. The van der Waals surface area contributed by atoms with Crippen LogP contribution < -0.4 is 0 Å². The van der Waals surface area contributed by atoms with Gasteiger partial charge in [-0.05, 0) is 25.8 Å². The number of carboxylic acids is 1. The Labute approximate surface area is 105 Å². The second-order valence-corrected chi connectivity index (χ2v) is 4.52. The van der Waals surface area contributed by atoms with E-state index in [0.717, 1.165) is 5.56 Å². The first kappa shape index (κ1) is 13.9. The monoisotopic (exact) mass is 256 g/mol. The van der Waals surface area contributed by atoms with E-state index >= 15 is 0 Å². The molecule has 0 aliphatic carbocycles. The minimum Gasteiger partial charge on any atom is -0.479 e. The molecule has 0 fully saturated rings. The Morgan fingerprint density at radius 2 is 2.18 bits per heavy atom. The van der Waals surface area contributed by atoms with E-state index in [-0.39, 0.29) is 0 Å². The van der Waals surface area contributed by atoms with Gasteiger partial charge in [-0.1, -0.05) is 11.8 Å². The van der Waals surface area contributed by atoms with E-state index in [1.807, 2.05) is 6.92 Å². The maximum absolute atomic E-state index is 10.8. The van der Waals surface area contributed by atoms with Gasteiger partial charge in [-0.15, -0.1) is 0 Å². The van der Waals surface area contributed by atoms with E-state index in [0.29, 0.717) is 23.9 Å². The Kier molecular flexibility index (Phi) is 5.93. The van der Waals surface area contributed by atoms with Crippen molar-refractivity contribution in [3.8, 4) is 0 Å². The normalized spacial score (nSPS) is 12.4. The third-order valence-corrected chi connectivity index (χ3v) is 2.92. The topological polar surface area (TPSA) is 72.3 Å². The molecule has 1 atom stereocenters. The molecule has 6 heteroatoms. The highest BCUT2D eigenvalue weighted by atomic mass is 32.2. The predicted molar refractivity (Wildman–Crippen MR) is 65.2 cm³/mol. The van der Waals surface area contributed by atoms with E-state index in [1.165, 1.54) is 11.8 Å². The number of nitrogens with zero attached hydrogens (tertiary/aromatic N) is 2. The lowest BCUT2D eigenvalue weighted by atomic mass is 10.3. The largest absolute Gasteiger partial charge is 0.479 e. The number of aliphatic carboxylic acids is 1. The van der Waals surface area contributed by atoms with Crippen LogP contribution in [0.3, 0.4) is 0 Å². The average Bonchev–Trinajstić information content (AvgIpc) is 2.30. The molecule has 1 rings (SSSR count). The molecule has 1 aromatic rings. The Hall–Kier alpha value is -1.14. The van der Waals surface area contributed by atoms with Crippen molar-refractivity contribution in [2.24, 2.45) is 0 Å². The number of aromatic nitrogens is 2. The molecule has 17 heavy (non-hydrogen) atoms. The first-order valence-corrected chi connectivity index (χ1v) is 6.38. The number of ether oxygens (including phenoxy) is 1. The molecule has 0 radical (unpaired) electrons. The molecule has 0 spiro atoms. The Bertz CT molecular complexity index is 356. The molecule has 0 aliphatic rings. The van der Waals surface area contributed by atoms with Gasteiger partial charge in [0, 0.05) is 24.8 Å². The molecule has 0 aliphatic heterocycles. The molecule has 94 valence electrons. The van der Waals surface area contributed by atoms with Gasteiger partial charge in [-0.25, -0.2) is 14.8 Å². The molecule has 0 saturated heterocycles. The van der Waals surface area contributed by atoms with Crippen LogP contribution >= 0.6 is 11.8 Å². The van der Waals surface area contributed by atoms with Gasteiger partial charge in [0.2, 0.25) is 0 Å². The van der Waals surface area contributed by atoms with Crippen LogP contribution in [0.5, 0.6) is 0 Å². The van der Waals surface area contributed by atoms with E-state index in [1.54, 1.807) is 19.3 Å². The van der Waals surface area contributed by atoms with Crippen molar-refractivity contribution in [3.05, 3.63) is 18.0 Å². The highest BCUT2D eigenvalue weighted by molar-refractivity contribution is 7.99. The zero-order chi connectivity index (χ0) is 12.7. The van der Waals surface area contributed by atoms with Gasteiger partial charge in [-0.2, -0.15) is 0 Å². The van der Waals surface area contributed by atoms with Gasteiger partial charge < -0.3 is 9.84 Å². The summed E-state index contributed by atoms with van der Waals surface area (Å²) in [5.41, 5.74) is 1.01. The quantitative estimate of drug-likeness (QED) is 0.592. The lowest BCUT2D eigenvalue weighted by molar-refractivity contribution is -0.150. The van der Waals surface area contributed by atoms with Crippen LogP contribution in [-0.2, 0) is 9.53 Å². The van der Waals surface area contributed by atoms with Gasteiger partial charge in [0.15, 0.2) is 11.3 Å². The summed E-state index contributed by atoms with van der Waals surface area (Å²) < 4.78 is 5.11. The van der Waals surface area contributed by atoms with Crippen LogP contribution in [-0.4, -0.2) is 39.5 Å².